The summed E-state index contributed by atoms with van der Waals surface area (Å²) in [4.78, 5) is 30.0. The van der Waals surface area contributed by atoms with Gasteiger partial charge in [0.2, 0.25) is 0 Å². The summed E-state index contributed by atoms with van der Waals surface area (Å²) in [6.07, 6.45) is 3.68. The van der Waals surface area contributed by atoms with E-state index in [1.165, 1.54) is 11.2 Å². The van der Waals surface area contributed by atoms with Gasteiger partial charge in [-0.15, -0.1) is 0 Å². The van der Waals surface area contributed by atoms with Crippen molar-refractivity contribution in [3.8, 4) is 0 Å². The van der Waals surface area contributed by atoms with Gasteiger partial charge in [-0.1, -0.05) is 18.2 Å². The minimum atomic E-state index is -0.777. The van der Waals surface area contributed by atoms with Gasteiger partial charge in [-0.2, -0.15) is 0 Å². The average Bonchev–Trinajstić information content (AvgIpc) is 3.42. The Bertz CT molecular complexity index is 1050. The van der Waals surface area contributed by atoms with Crippen molar-refractivity contribution in [1.29, 1.82) is 0 Å². The van der Waals surface area contributed by atoms with Gasteiger partial charge < -0.3 is 24.1 Å². The smallest absolute Gasteiger partial charge is 0.295 e. The van der Waals surface area contributed by atoms with Crippen LogP contribution in [0.1, 0.15) is 23.8 Å². The first-order valence-corrected chi connectivity index (χ1v) is 9.00. The molecule has 1 fully saturated rings. The number of aromatic amines is 1. The van der Waals surface area contributed by atoms with Crippen LogP contribution in [0.3, 0.4) is 0 Å². The molecular formula is C21H20N2O5. The molecule has 1 aromatic carbocycles. The molecule has 4 rings (SSSR count). The van der Waals surface area contributed by atoms with Crippen molar-refractivity contribution in [2.24, 2.45) is 0 Å². The number of likely N-dealkylation sites (tertiary alicyclic amines) is 1. The van der Waals surface area contributed by atoms with E-state index in [-0.39, 0.29) is 11.3 Å². The Labute approximate surface area is 161 Å². The highest BCUT2D eigenvalue weighted by Crippen LogP contribution is 2.40. The standard InChI is InChI=1S/C21H20N2O5/c1-27-10-5-9-23-18(16-8-4-11-28-16)17(20(25)21(23)26)19(24)14-12-22-15-7-3-2-6-13(14)15/h2-4,6-8,11-12,18,22,24H,5,9-10H2,1H3/b19-17-. The maximum Gasteiger partial charge on any atom is 0.295 e. The Morgan fingerprint density at radius 3 is 2.82 bits per heavy atom. The molecule has 0 spiro atoms. The van der Waals surface area contributed by atoms with Crippen molar-refractivity contribution in [2.75, 3.05) is 20.3 Å². The molecule has 1 aliphatic heterocycles. The lowest BCUT2D eigenvalue weighted by molar-refractivity contribution is -0.140. The molecule has 0 radical (unpaired) electrons. The number of amides is 1. The van der Waals surface area contributed by atoms with E-state index in [9.17, 15) is 14.7 Å². The van der Waals surface area contributed by atoms with Gasteiger partial charge in [0.15, 0.2) is 0 Å². The largest absolute Gasteiger partial charge is 0.507 e. The number of aromatic nitrogens is 1. The van der Waals surface area contributed by atoms with Crippen molar-refractivity contribution < 1.29 is 23.8 Å². The second-order valence-electron chi connectivity index (χ2n) is 6.60. The van der Waals surface area contributed by atoms with E-state index in [1.807, 2.05) is 24.3 Å². The van der Waals surface area contributed by atoms with E-state index in [0.717, 1.165) is 10.9 Å². The Hall–Kier alpha value is -3.32. The number of methoxy groups -OCH3 is 1. The van der Waals surface area contributed by atoms with Gasteiger partial charge >= 0.3 is 0 Å². The first-order valence-electron chi connectivity index (χ1n) is 9.00. The fourth-order valence-electron chi connectivity index (χ4n) is 3.65. The molecule has 1 aliphatic rings. The number of Topliss-reactive ketones (excluding diaryl/α,β-unsaturated/α-hetero) is 1. The van der Waals surface area contributed by atoms with Gasteiger partial charge in [-0.05, 0) is 24.6 Å². The van der Waals surface area contributed by atoms with Crippen molar-refractivity contribution in [3.63, 3.8) is 0 Å². The summed E-state index contributed by atoms with van der Waals surface area (Å²) in [5.41, 5.74) is 1.33. The first kappa shape index (κ1) is 18.1. The van der Waals surface area contributed by atoms with E-state index in [0.29, 0.717) is 30.9 Å². The van der Waals surface area contributed by atoms with Crippen molar-refractivity contribution >= 4 is 28.4 Å². The summed E-state index contributed by atoms with van der Waals surface area (Å²) in [5.74, 6) is -1.16. The molecule has 28 heavy (non-hydrogen) atoms. The van der Waals surface area contributed by atoms with Crippen LogP contribution in [0.5, 0.6) is 0 Å². The number of hydrogen-bond donors (Lipinski definition) is 2. The van der Waals surface area contributed by atoms with Gasteiger partial charge in [0.25, 0.3) is 11.7 Å². The van der Waals surface area contributed by atoms with E-state index in [2.05, 4.69) is 4.98 Å². The number of carbonyl (C=O) groups is 2. The maximum absolute atomic E-state index is 12.8. The zero-order valence-electron chi connectivity index (χ0n) is 15.3. The minimum absolute atomic E-state index is 0.0297. The third-order valence-electron chi connectivity index (χ3n) is 4.94. The molecule has 144 valence electrons. The Balaban J connectivity index is 1.84. The normalized spacial score (nSPS) is 19.0. The number of hydrogen-bond acceptors (Lipinski definition) is 5. The fourth-order valence-corrected chi connectivity index (χ4v) is 3.65. The Morgan fingerprint density at radius 1 is 1.25 bits per heavy atom. The second kappa shape index (κ2) is 7.36. The van der Waals surface area contributed by atoms with Crippen LogP contribution in [-0.4, -0.2) is 46.9 Å². The van der Waals surface area contributed by atoms with Crippen LogP contribution in [0.25, 0.3) is 16.7 Å². The van der Waals surface area contributed by atoms with Gasteiger partial charge in [-0.3, -0.25) is 9.59 Å². The number of aliphatic hydroxyl groups excluding tert-OH is 1. The van der Waals surface area contributed by atoms with Crippen LogP contribution in [0.4, 0.5) is 0 Å². The summed E-state index contributed by atoms with van der Waals surface area (Å²) in [6, 6.07) is 10.1. The molecule has 2 aromatic heterocycles. The zero-order chi connectivity index (χ0) is 19.7. The first-order chi connectivity index (χ1) is 13.6. The number of ether oxygens (including phenoxy) is 1. The van der Waals surface area contributed by atoms with Crippen LogP contribution in [0.15, 0.2) is 58.8 Å². The monoisotopic (exact) mass is 380 g/mol. The molecule has 7 heteroatoms. The third kappa shape index (κ3) is 2.90. The predicted octanol–water partition coefficient (Wildman–Crippen LogP) is 3.22. The zero-order valence-corrected chi connectivity index (χ0v) is 15.3. The van der Waals surface area contributed by atoms with Crippen LogP contribution >= 0.6 is 0 Å². The Morgan fingerprint density at radius 2 is 2.07 bits per heavy atom. The molecular weight excluding hydrogens is 360 g/mol. The molecule has 3 aromatic rings. The molecule has 0 bridgehead atoms. The molecule has 1 unspecified atom stereocenters. The van der Waals surface area contributed by atoms with E-state index < -0.39 is 17.7 Å². The lowest BCUT2D eigenvalue weighted by Gasteiger charge is -2.23. The van der Waals surface area contributed by atoms with Gasteiger partial charge in [-0.25, -0.2) is 0 Å². The number of nitrogens with one attached hydrogen (secondary N) is 1. The molecule has 0 aliphatic carbocycles. The van der Waals surface area contributed by atoms with Crippen molar-refractivity contribution in [2.45, 2.75) is 12.5 Å². The molecule has 2 N–H and O–H groups in total. The molecule has 1 atom stereocenters. The van der Waals surface area contributed by atoms with Crippen molar-refractivity contribution in [3.05, 3.63) is 65.8 Å². The van der Waals surface area contributed by atoms with E-state index >= 15 is 0 Å². The highest BCUT2D eigenvalue weighted by molar-refractivity contribution is 6.46. The lowest BCUT2D eigenvalue weighted by Crippen LogP contribution is -2.31. The third-order valence-corrected chi connectivity index (χ3v) is 4.94. The van der Waals surface area contributed by atoms with Crippen LogP contribution in [-0.2, 0) is 14.3 Å². The van der Waals surface area contributed by atoms with Crippen LogP contribution < -0.4 is 0 Å². The number of ketones is 1. The summed E-state index contributed by atoms with van der Waals surface area (Å²) >= 11 is 0. The predicted molar refractivity (Wildman–Crippen MR) is 103 cm³/mol. The van der Waals surface area contributed by atoms with Crippen LogP contribution in [0.2, 0.25) is 0 Å². The highest BCUT2D eigenvalue weighted by atomic mass is 16.5. The lowest BCUT2D eigenvalue weighted by atomic mass is 9.99. The number of nitrogens with zero attached hydrogens (tertiary/aromatic N) is 1. The number of aliphatic hydroxyl groups is 1. The number of furan rings is 1. The number of fused-ring (bicyclic) bond motifs is 1. The molecule has 3 heterocycles. The summed E-state index contributed by atoms with van der Waals surface area (Å²) in [6.45, 7) is 0.769. The minimum Gasteiger partial charge on any atom is -0.507 e. The quantitative estimate of drug-likeness (QED) is 0.296. The molecule has 7 nitrogen and oxygen atoms in total. The average molecular weight is 380 g/mol. The summed E-state index contributed by atoms with van der Waals surface area (Å²) in [7, 11) is 1.58. The van der Waals surface area contributed by atoms with Gasteiger partial charge in [0.1, 0.15) is 17.6 Å². The van der Waals surface area contributed by atoms with E-state index in [4.69, 9.17) is 9.15 Å². The topological polar surface area (TPSA) is 95.8 Å². The van der Waals surface area contributed by atoms with Crippen molar-refractivity contribution in [1.82, 2.24) is 9.88 Å². The maximum atomic E-state index is 12.8. The van der Waals surface area contributed by atoms with Crippen LogP contribution in [0, 0.1) is 0 Å². The van der Waals surface area contributed by atoms with Gasteiger partial charge in [0, 0.05) is 42.9 Å². The summed E-state index contributed by atoms with van der Waals surface area (Å²) in [5, 5.41) is 11.8. The summed E-state index contributed by atoms with van der Waals surface area (Å²) < 4.78 is 10.6. The molecule has 1 saturated heterocycles. The van der Waals surface area contributed by atoms with E-state index in [1.54, 1.807) is 25.4 Å². The number of benzene rings is 1. The number of H-pyrrole nitrogens is 1. The number of rotatable bonds is 6. The Kier molecular flexibility index (Phi) is 4.75. The van der Waals surface area contributed by atoms with Gasteiger partial charge in [0.05, 0.1) is 11.8 Å². The second-order valence-corrected chi connectivity index (χ2v) is 6.60. The molecule has 0 saturated carbocycles. The molecule has 1 amide bonds. The highest BCUT2D eigenvalue weighted by Gasteiger charge is 2.47. The number of carbonyl (C=O) groups excluding carboxylic acids is 2. The fraction of sp³-hybridized carbons (Fsp3) is 0.238. The number of para-hydroxylation sites is 1. The SMILES string of the molecule is COCCCN1C(=O)C(=O)/C(=C(\O)c2c[nH]c3ccccc23)C1c1ccco1.